The molecule has 3 heteroatoms. The zero-order chi connectivity index (χ0) is 18.6. The second-order valence-electron chi connectivity index (χ2n) is 6.24. The van der Waals surface area contributed by atoms with Crippen LogP contribution < -0.4 is 0 Å². The molecule has 0 saturated carbocycles. The third kappa shape index (κ3) is 20.3. The van der Waals surface area contributed by atoms with E-state index in [2.05, 4.69) is 37.3 Å². The second-order valence-corrected chi connectivity index (χ2v) is 6.24. The van der Waals surface area contributed by atoms with Crippen molar-refractivity contribution >= 4 is 5.97 Å². The van der Waals surface area contributed by atoms with Gasteiger partial charge in [-0.2, -0.15) is 0 Å². The maximum Gasteiger partial charge on any atom is 0.303 e. The molecule has 0 unspecified atom stereocenters. The van der Waals surface area contributed by atoms with Crippen molar-refractivity contribution in [1.29, 1.82) is 0 Å². The van der Waals surface area contributed by atoms with Crippen molar-refractivity contribution in [2.45, 2.75) is 83.7 Å². The van der Waals surface area contributed by atoms with Gasteiger partial charge in [0, 0.05) is 6.42 Å². The van der Waals surface area contributed by atoms with E-state index in [0.717, 1.165) is 44.9 Å². The predicted octanol–water partition coefficient (Wildman–Crippen LogP) is 5.97. The fourth-order valence-electron chi connectivity index (χ4n) is 2.29. The summed E-state index contributed by atoms with van der Waals surface area (Å²) in [6, 6.07) is 0. The predicted molar refractivity (Wildman–Crippen MR) is 107 cm³/mol. The SMILES string of the molecule is CCCCC[C@@H](O)C=CCCCC=CCC=CCC=CCCC(=O)O. The zero-order valence-corrected chi connectivity index (χ0v) is 15.8. The maximum atomic E-state index is 10.3. The average molecular weight is 349 g/mol. The molecular formula is C22H36O3. The number of carbonyl (C=O) groups is 1. The summed E-state index contributed by atoms with van der Waals surface area (Å²) in [5.74, 6) is -0.746. The first-order valence-corrected chi connectivity index (χ1v) is 9.68. The molecule has 0 spiro atoms. The molecule has 1 atom stereocenters. The molecule has 0 bridgehead atoms. The van der Waals surface area contributed by atoms with Gasteiger partial charge in [-0.25, -0.2) is 0 Å². The summed E-state index contributed by atoms with van der Waals surface area (Å²) in [4.78, 5) is 10.3. The van der Waals surface area contributed by atoms with Crippen LogP contribution in [0, 0.1) is 0 Å². The van der Waals surface area contributed by atoms with E-state index in [1.807, 2.05) is 18.2 Å². The minimum Gasteiger partial charge on any atom is -0.481 e. The summed E-state index contributed by atoms with van der Waals surface area (Å²) in [5.41, 5.74) is 0. The zero-order valence-electron chi connectivity index (χ0n) is 15.8. The van der Waals surface area contributed by atoms with Gasteiger partial charge in [0.1, 0.15) is 0 Å². The molecule has 0 heterocycles. The number of aliphatic carboxylic acids is 1. The Labute approximate surface area is 153 Å². The molecule has 2 N–H and O–H groups in total. The lowest BCUT2D eigenvalue weighted by atomic mass is 10.1. The molecule has 0 amide bonds. The van der Waals surface area contributed by atoms with Gasteiger partial charge in [-0.15, -0.1) is 0 Å². The van der Waals surface area contributed by atoms with Gasteiger partial charge in [-0.1, -0.05) is 74.8 Å². The number of carboxylic acids is 1. The molecule has 0 aromatic carbocycles. The highest BCUT2D eigenvalue weighted by molar-refractivity contribution is 5.66. The molecule has 0 radical (unpaired) electrons. The van der Waals surface area contributed by atoms with Crippen molar-refractivity contribution in [3.63, 3.8) is 0 Å². The number of carboxylic acid groups (broad SMARTS) is 1. The van der Waals surface area contributed by atoms with Gasteiger partial charge >= 0.3 is 5.97 Å². The van der Waals surface area contributed by atoms with Crippen LogP contribution in [0.5, 0.6) is 0 Å². The van der Waals surface area contributed by atoms with Gasteiger partial charge in [0.2, 0.25) is 0 Å². The molecule has 0 aromatic rings. The van der Waals surface area contributed by atoms with Crippen LogP contribution in [0.25, 0.3) is 0 Å². The fourth-order valence-corrected chi connectivity index (χ4v) is 2.29. The number of aliphatic hydroxyl groups excluding tert-OH is 1. The highest BCUT2D eigenvalue weighted by atomic mass is 16.4. The lowest BCUT2D eigenvalue weighted by Gasteiger charge is -2.03. The van der Waals surface area contributed by atoms with Crippen LogP contribution in [0.15, 0.2) is 48.6 Å². The number of allylic oxidation sites excluding steroid dienone is 7. The van der Waals surface area contributed by atoms with Crippen molar-refractivity contribution < 1.29 is 15.0 Å². The largest absolute Gasteiger partial charge is 0.481 e. The van der Waals surface area contributed by atoms with Crippen molar-refractivity contribution in [2.24, 2.45) is 0 Å². The fraction of sp³-hybridized carbons (Fsp3) is 0.591. The van der Waals surface area contributed by atoms with E-state index in [0.29, 0.717) is 6.42 Å². The Balaban J connectivity index is 3.48. The van der Waals surface area contributed by atoms with E-state index in [-0.39, 0.29) is 12.5 Å². The summed E-state index contributed by atoms with van der Waals surface area (Å²) < 4.78 is 0. The summed E-state index contributed by atoms with van der Waals surface area (Å²) in [6.07, 6.45) is 26.5. The van der Waals surface area contributed by atoms with Gasteiger partial charge in [0.25, 0.3) is 0 Å². The summed E-state index contributed by atoms with van der Waals surface area (Å²) >= 11 is 0. The Kier molecular flexibility index (Phi) is 17.5. The van der Waals surface area contributed by atoms with Crippen molar-refractivity contribution in [1.82, 2.24) is 0 Å². The third-order valence-electron chi connectivity index (χ3n) is 3.77. The molecule has 0 aliphatic rings. The smallest absolute Gasteiger partial charge is 0.303 e. The molecule has 142 valence electrons. The van der Waals surface area contributed by atoms with E-state index in [4.69, 9.17) is 5.11 Å². The van der Waals surface area contributed by atoms with E-state index in [1.54, 1.807) is 0 Å². The van der Waals surface area contributed by atoms with Crippen LogP contribution in [0.2, 0.25) is 0 Å². The molecule has 3 nitrogen and oxygen atoms in total. The average Bonchev–Trinajstić information content (AvgIpc) is 2.58. The van der Waals surface area contributed by atoms with Crippen LogP contribution in [0.1, 0.15) is 77.6 Å². The summed E-state index contributed by atoms with van der Waals surface area (Å²) in [6.45, 7) is 2.17. The van der Waals surface area contributed by atoms with E-state index < -0.39 is 5.97 Å². The van der Waals surface area contributed by atoms with Gasteiger partial charge < -0.3 is 10.2 Å². The van der Waals surface area contributed by atoms with E-state index in [1.165, 1.54) is 12.8 Å². The standard InChI is InChI=1S/C22H36O3/c1-2-3-15-18-21(23)19-16-13-11-9-7-5-4-6-8-10-12-14-17-20-22(24)25/h5-8,12,14,16,19,21,23H,2-4,9-11,13,15,17-18,20H2,1H3,(H,24,25)/t21-/m1/s1. The molecular weight excluding hydrogens is 312 g/mol. The lowest BCUT2D eigenvalue weighted by molar-refractivity contribution is -0.136. The number of aliphatic hydroxyl groups is 1. The molecule has 0 rings (SSSR count). The minimum atomic E-state index is -0.746. The molecule has 0 saturated heterocycles. The highest BCUT2D eigenvalue weighted by Crippen LogP contribution is 2.06. The first-order chi connectivity index (χ1) is 12.2. The van der Waals surface area contributed by atoms with Crippen LogP contribution >= 0.6 is 0 Å². The first-order valence-electron chi connectivity index (χ1n) is 9.68. The van der Waals surface area contributed by atoms with Gasteiger partial charge in [0.15, 0.2) is 0 Å². The quantitative estimate of drug-likeness (QED) is 0.267. The lowest BCUT2D eigenvalue weighted by Crippen LogP contribution is -2.01. The Morgan fingerprint density at radius 2 is 1.44 bits per heavy atom. The Morgan fingerprint density at radius 3 is 2.08 bits per heavy atom. The van der Waals surface area contributed by atoms with Gasteiger partial charge in [-0.3, -0.25) is 4.79 Å². The number of hydrogen-bond acceptors (Lipinski definition) is 2. The highest BCUT2D eigenvalue weighted by Gasteiger charge is 1.97. The third-order valence-corrected chi connectivity index (χ3v) is 3.77. The molecule has 0 fully saturated rings. The van der Waals surface area contributed by atoms with Crippen LogP contribution in [0.4, 0.5) is 0 Å². The van der Waals surface area contributed by atoms with E-state index >= 15 is 0 Å². The topological polar surface area (TPSA) is 57.5 Å². The minimum absolute atomic E-state index is 0.204. The van der Waals surface area contributed by atoms with Gasteiger partial charge in [0.05, 0.1) is 6.10 Å². The van der Waals surface area contributed by atoms with Crippen LogP contribution in [0.3, 0.4) is 0 Å². The normalized spacial score (nSPS) is 13.7. The van der Waals surface area contributed by atoms with Crippen molar-refractivity contribution in [3.05, 3.63) is 48.6 Å². The number of unbranched alkanes of at least 4 members (excludes halogenated alkanes) is 4. The summed E-state index contributed by atoms with van der Waals surface area (Å²) in [5, 5.41) is 18.3. The monoisotopic (exact) mass is 348 g/mol. The van der Waals surface area contributed by atoms with Crippen LogP contribution in [-0.2, 0) is 4.79 Å². The molecule has 0 aromatic heterocycles. The van der Waals surface area contributed by atoms with Crippen molar-refractivity contribution in [3.8, 4) is 0 Å². The maximum absolute atomic E-state index is 10.3. The Bertz CT molecular complexity index is 419. The number of hydrogen-bond donors (Lipinski definition) is 2. The van der Waals surface area contributed by atoms with E-state index in [9.17, 15) is 9.90 Å². The second kappa shape index (κ2) is 18.7. The Morgan fingerprint density at radius 1 is 0.840 bits per heavy atom. The molecule has 0 aliphatic heterocycles. The van der Waals surface area contributed by atoms with Crippen molar-refractivity contribution in [2.75, 3.05) is 0 Å². The first kappa shape index (κ1) is 23.4. The molecule has 0 aliphatic carbocycles. The summed E-state index contributed by atoms with van der Waals surface area (Å²) in [7, 11) is 0. The molecule has 25 heavy (non-hydrogen) atoms. The Hall–Kier alpha value is -1.61. The van der Waals surface area contributed by atoms with Gasteiger partial charge in [-0.05, 0) is 44.9 Å². The number of rotatable bonds is 16. The van der Waals surface area contributed by atoms with Crippen LogP contribution in [-0.4, -0.2) is 22.3 Å².